The lowest BCUT2D eigenvalue weighted by Gasteiger charge is -2.10. The predicted molar refractivity (Wildman–Crippen MR) is 111 cm³/mol. The Balaban J connectivity index is 1.70. The van der Waals surface area contributed by atoms with E-state index in [4.69, 9.17) is 9.47 Å². The van der Waals surface area contributed by atoms with Crippen LogP contribution in [0.4, 0.5) is 5.69 Å². The van der Waals surface area contributed by atoms with Crippen molar-refractivity contribution in [3.8, 4) is 22.8 Å². The first-order chi connectivity index (χ1) is 14.1. The minimum absolute atomic E-state index is 0.283. The van der Waals surface area contributed by atoms with Crippen molar-refractivity contribution in [2.75, 3.05) is 19.5 Å². The van der Waals surface area contributed by atoms with Gasteiger partial charge in [-0.05, 0) is 43.3 Å². The fraction of sp³-hybridized carbons (Fsp3) is 0.136. The molecule has 1 N–H and O–H groups in total. The van der Waals surface area contributed by atoms with Gasteiger partial charge in [0.05, 0.1) is 19.9 Å². The molecule has 2 heterocycles. The van der Waals surface area contributed by atoms with Crippen LogP contribution in [0.25, 0.3) is 16.9 Å². The number of amides is 1. The van der Waals surface area contributed by atoms with Crippen LogP contribution in [0.1, 0.15) is 16.1 Å². The molecule has 146 valence electrons. The zero-order valence-corrected chi connectivity index (χ0v) is 16.3. The van der Waals surface area contributed by atoms with Crippen molar-refractivity contribution in [3.05, 3.63) is 72.1 Å². The van der Waals surface area contributed by atoms with Crippen LogP contribution < -0.4 is 14.8 Å². The van der Waals surface area contributed by atoms with E-state index in [1.165, 1.54) is 0 Å². The molecular weight excluding hydrogens is 368 g/mol. The lowest BCUT2D eigenvalue weighted by molar-refractivity contribution is 0.102. The van der Waals surface area contributed by atoms with Gasteiger partial charge in [-0.25, -0.2) is 9.50 Å². The van der Waals surface area contributed by atoms with E-state index >= 15 is 0 Å². The van der Waals surface area contributed by atoms with Gasteiger partial charge in [0, 0.05) is 23.5 Å². The number of fused-ring (bicyclic) bond motifs is 1. The first-order valence-electron chi connectivity index (χ1n) is 9.04. The molecule has 0 spiro atoms. The van der Waals surface area contributed by atoms with Gasteiger partial charge in [0.2, 0.25) is 0 Å². The molecule has 7 nitrogen and oxygen atoms in total. The van der Waals surface area contributed by atoms with Crippen LogP contribution in [0.15, 0.2) is 60.8 Å². The van der Waals surface area contributed by atoms with Gasteiger partial charge in [-0.1, -0.05) is 17.7 Å². The third-order valence-corrected chi connectivity index (χ3v) is 4.58. The van der Waals surface area contributed by atoms with E-state index in [-0.39, 0.29) is 11.6 Å². The molecule has 0 aliphatic heterocycles. The standard InChI is InChI=1S/C22H20N4O3/c1-14-4-7-16(8-5-14)24-22(27)17-13-21-23-11-10-18(26(21)25-17)15-6-9-19(28-2)20(12-15)29-3/h4-13H,1-3H3,(H,24,27). The Morgan fingerprint density at radius 3 is 2.45 bits per heavy atom. The van der Waals surface area contributed by atoms with Crippen molar-refractivity contribution in [2.24, 2.45) is 0 Å². The van der Waals surface area contributed by atoms with E-state index < -0.39 is 0 Å². The minimum atomic E-state index is -0.294. The Bertz CT molecular complexity index is 1180. The Labute approximate surface area is 167 Å². The monoisotopic (exact) mass is 388 g/mol. The molecule has 0 aliphatic carbocycles. The lowest BCUT2D eigenvalue weighted by Crippen LogP contribution is -2.12. The third kappa shape index (κ3) is 3.62. The lowest BCUT2D eigenvalue weighted by atomic mass is 10.1. The first kappa shape index (κ1) is 18.5. The van der Waals surface area contributed by atoms with Crippen molar-refractivity contribution in [2.45, 2.75) is 6.92 Å². The normalized spacial score (nSPS) is 10.7. The van der Waals surface area contributed by atoms with Crippen LogP contribution in [-0.2, 0) is 0 Å². The molecule has 0 saturated heterocycles. The number of ether oxygens (including phenoxy) is 2. The maximum absolute atomic E-state index is 12.6. The average Bonchev–Trinajstić information content (AvgIpc) is 3.19. The summed E-state index contributed by atoms with van der Waals surface area (Å²) in [7, 11) is 3.18. The van der Waals surface area contributed by atoms with E-state index in [0.29, 0.717) is 22.8 Å². The molecule has 0 bridgehead atoms. The molecule has 1 amide bonds. The van der Waals surface area contributed by atoms with Gasteiger partial charge in [0.25, 0.3) is 5.91 Å². The highest BCUT2D eigenvalue weighted by Gasteiger charge is 2.15. The summed E-state index contributed by atoms with van der Waals surface area (Å²) in [6.07, 6.45) is 1.69. The number of nitrogens with zero attached hydrogens (tertiary/aromatic N) is 3. The maximum Gasteiger partial charge on any atom is 0.276 e. The largest absolute Gasteiger partial charge is 0.493 e. The maximum atomic E-state index is 12.6. The first-order valence-corrected chi connectivity index (χ1v) is 9.04. The van der Waals surface area contributed by atoms with Crippen LogP contribution in [0.3, 0.4) is 0 Å². The fourth-order valence-corrected chi connectivity index (χ4v) is 3.05. The van der Waals surface area contributed by atoms with Crippen LogP contribution in [-0.4, -0.2) is 34.7 Å². The Morgan fingerprint density at radius 1 is 0.966 bits per heavy atom. The van der Waals surface area contributed by atoms with E-state index in [1.807, 2.05) is 55.5 Å². The number of anilines is 1. The SMILES string of the molecule is COc1ccc(-c2ccnc3cc(C(=O)Nc4ccc(C)cc4)nn23)cc1OC. The number of hydrogen-bond donors (Lipinski definition) is 1. The zero-order valence-electron chi connectivity index (χ0n) is 16.3. The van der Waals surface area contributed by atoms with E-state index in [9.17, 15) is 4.79 Å². The topological polar surface area (TPSA) is 77.8 Å². The molecule has 0 aliphatic rings. The summed E-state index contributed by atoms with van der Waals surface area (Å²) >= 11 is 0. The van der Waals surface area contributed by atoms with Crippen molar-refractivity contribution >= 4 is 17.2 Å². The molecule has 2 aromatic heterocycles. The molecule has 4 aromatic rings. The summed E-state index contributed by atoms with van der Waals surface area (Å²) in [5, 5.41) is 7.33. The van der Waals surface area contributed by atoms with Crippen LogP contribution in [0.2, 0.25) is 0 Å². The van der Waals surface area contributed by atoms with Crippen molar-refractivity contribution in [3.63, 3.8) is 0 Å². The number of hydrogen-bond acceptors (Lipinski definition) is 5. The van der Waals surface area contributed by atoms with Gasteiger partial charge in [0.15, 0.2) is 22.8 Å². The molecule has 29 heavy (non-hydrogen) atoms. The molecule has 0 unspecified atom stereocenters. The minimum Gasteiger partial charge on any atom is -0.493 e. The van der Waals surface area contributed by atoms with Crippen molar-refractivity contribution < 1.29 is 14.3 Å². The molecule has 7 heteroatoms. The summed E-state index contributed by atoms with van der Waals surface area (Å²) < 4.78 is 12.3. The van der Waals surface area contributed by atoms with Gasteiger partial charge < -0.3 is 14.8 Å². The van der Waals surface area contributed by atoms with E-state index in [0.717, 1.165) is 16.8 Å². The number of aromatic nitrogens is 3. The van der Waals surface area contributed by atoms with Gasteiger partial charge in [-0.2, -0.15) is 5.10 Å². The molecule has 4 rings (SSSR count). The van der Waals surface area contributed by atoms with Gasteiger partial charge in [0.1, 0.15) is 0 Å². The Hall–Kier alpha value is -3.87. The molecular formula is C22H20N4O3. The zero-order chi connectivity index (χ0) is 20.4. The van der Waals surface area contributed by atoms with Crippen molar-refractivity contribution in [1.82, 2.24) is 14.6 Å². The summed E-state index contributed by atoms with van der Waals surface area (Å²) in [6, 6.07) is 16.7. The highest BCUT2D eigenvalue weighted by atomic mass is 16.5. The number of aryl methyl sites for hydroxylation is 1. The third-order valence-electron chi connectivity index (χ3n) is 4.58. The second-order valence-electron chi connectivity index (χ2n) is 6.52. The van der Waals surface area contributed by atoms with Crippen LogP contribution in [0.5, 0.6) is 11.5 Å². The van der Waals surface area contributed by atoms with E-state index in [1.54, 1.807) is 31.0 Å². The number of benzene rings is 2. The Morgan fingerprint density at radius 2 is 1.72 bits per heavy atom. The van der Waals surface area contributed by atoms with E-state index in [2.05, 4.69) is 15.4 Å². The summed E-state index contributed by atoms with van der Waals surface area (Å²) in [4.78, 5) is 17.0. The predicted octanol–water partition coefficient (Wildman–Crippen LogP) is 3.97. The van der Waals surface area contributed by atoms with Crippen LogP contribution in [0, 0.1) is 6.92 Å². The quantitative estimate of drug-likeness (QED) is 0.560. The molecule has 0 saturated carbocycles. The number of nitrogens with one attached hydrogen (secondary N) is 1. The number of methoxy groups -OCH3 is 2. The smallest absolute Gasteiger partial charge is 0.276 e. The molecule has 2 aromatic carbocycles. The molecule has 0 fully saturated rings. The molecule has 0 radical (unpaired) electrons. The number of carbonyl (C=O) groups excluding carboxylic acids is 1. The second-order valence-corrected chi connectivity index (χ2v) is 6.52. The highest BCUT2D eigenvalue weighted by Crippen LogP contribution is 2.32. The van der Waals surface area contributed by atoms with Crippen molar-refractivity contribution in [1.29, 1.82) is 0 Å². The average molecular weight is 388 g/mol. The van der Waals surface area contributed by atoms with Gasteiger partial charge in [-0.3, -0.25) is 4.79 Å². The van der Waals surface area contributed by atoms with Crippen LogP contribution >= 0.6 is 0 Å². The summed E-state index contributed by atoms with van der Waals surface area (Å²) in [5.74, 6) is 0.956. The van der Waals surface area contributed by atoms with Gasteiger partial charge >= 0.3 is 0 Å². The summed E-state index contributed by atoms with van der Waals surface area (Å²) in [5.41, 5.74) is 4.34. The summed E-state index contributed by atoms with van der Waals surface area (Å²) in [6.45, 7) is 2.00. The molecule has 0 atom stereocenters. The highest BCUT2D eigenvalue weighted by molar-refractivity contribution is 6.03. The number of carbonyl (C=O) groups is 1. The second kappa shape index (κ2) is 7.63. The van der Waals surface area contributed by atoms with Gasteiger partial charge in [-0.15, -0.1) is 0 Å². The fourth-order valence-electron chi connectivity index (χ4n) is 3.05. The number of rotatable bonds is 5. The Kier molecular flexibility index (Phi) is 4.87.